The van der Waals surface area contributed by atoms with Crippen molar-refractivity contribution in [2.24, 2.45) is 11.3 Å². The molecule has 3 amide bonds. The number of rotatable bonds is 7. The fourth-order valence-corrected chi connectivity index (χ4v) is 5.56. The topological polar surface area (TPSA) is 70.2 Å². The van der Waals surface area contributed by atoms with Gasteiger partial charge in [0.25, 0.3) is 0 Å². The van der Waals surface area contributed by atoms with Crippen LogP contribution in [-0.2, 0) is 14.3 Å². The predicted molar refractivity (Wildman–Crippen MR) is 136 cm³/mol. The highest BCUT2D eigenvalue weighted by molar-refractivity contribution is 6.30. The predicted octanol–water partition coefficient (Wildman–Crippen LogP) is 5.08. The lowest BCUT2D eigenvalue weighted by Gasteiger charge is -2.34. The summed E-state index contributed by atoms with van der Waals surface area (Å²) in [4.78, 5) is 43.9. The van der Waals surface area contributed by atoms with E-state index >= 15 is 0 Å². The molecule has 0 radical (unpaired) electrons. The Labute approximate surface area is 226 Å². The van der Waals surface area contributed by atoms with E-state index < -0.39 is 24.7 Å². The Bertz CT molecular complexity index is 1020. The number of halogens is 4. The maximum absolute atomic E-state index is 13.5. The summed E-state index contributed by atoms with van der Waals surface area (Å²) in [6.45, 7) is 3.47. The van der Waals surface area contributed by atoms with E-state index in [0.717, 1.165) is 18.4 Å². The molecule has 3 fully saturated rings. The maximum Gasteiger partial charge on any atom is 0.409 e. The van der Waals surface area contributed by atoms with Gasteiger partial charge in [0.15, 0.2) is 0 Å². The second-order valence-corrected chi connectivity index (χ2v) is 11.5. The number of carbonyl (C=O) groups excluding carboxylic acids is 3. The first kappa shape index (κ1) is 28.5. The van der Waals surface area contributed by atoms with Crippen molar-refractivity contribution in [1.29, 1.82) is 0 Å². The monoisotopic (exact) mass is 557 g/mol. The van der Waals surface area contributed by atoms with Crippen LogP contribution in [0.4, 0.5) is 18.0 Å². The first-order valence-corrected chi connectivity index (χ1v) is 13.6. The maximum atomic E-state index is 13.5. The number of benzene rings is 1. The van der Waals surface area contributed by atoms with E-state index in [-0.39, 0.29) is 48.6 Å². The second-order valence-electron chi connectivity index (χ2n) is 11.0. The summed E-state index contributed by atoms with van der Waals surface area (Å²) in [6, 6.07) is 6.81. The third-order valence-electron chi connectivity index (χ3n) is 8.16. The van der Waals surface area contributed by atoms with Gasteiger partial charge < -0.3 is 19.4 Å². The molecule has 1 aromatic rings. The SMILES string of the molecule is CN(C(=O)OCCCC(F)(F)F)[C@H]1CN(C(=O)C2CCN(C(=O)C3(C)CC3)CC2)C[C@@H]1c1ccc(Cl)cc1. The molecule has 0 aromatic heterocycles. The van der Waals surface area contributed by atoms with Gasteiger partial charge in [-0.3, -0.25) is 9.59 Å². The van der Waals surface area contributed by atoms with Crippen LogP contribution in [0.2, 0.25) is 5.02 Å². The molecule has 38 heavy (non-hydrogen) atoms. The Balaban J connectivity index is 1.39. The molecule has 1 aromatic carbocycles. The Morgan fingerprint density at radius 1 is 1.08 bits per heavy atom. The van der Waals surface area contributed by atoms with E-state index in [9.17, 15) is 27.6 Å². The first-order valence-electron chi connectivity index (χ1n) is 13.2. The van der Waals surface area contributed by atoms with Crippen LogP contribution in [0.25, 0.3) is 0 Å². The molecular weight excluding hydrogens is 523 g/mol. The van der Waals surface area contributed by atoms with Crippen molar-refractivity contribution in [3.05, 3.63) is 34.9 Å². The zero-order valence-corrected chi connectivity index (χ0v) is 22.6. The molecule has 2 heterocycles. The van der Waals surface area contributed by atoms with Crippen molar-refractivity contribution in [1.82, 2.24) is 14.7 Å². The van der Waals surface area contributed by atoms with Crippen LogP contribution in [0.1, 0.15) is 56.9 Å². The average Bonchev–Trinajstić information content (AvgIpc) is 3.49. The van der Waals surface area contributed by atoms with Crippen molar-refractivity contribution >= 4 is 29.5 Å². The minimum Gasteiger partial charge on any atom is -0.449 e. The van der Waals surface area contributed by atoms with E-state index in [0.29, 0.717) is 37.5 Å². The summed E-state index contributed by atoms with van der Waals surface area (Å²) in [5.74, 6) is -0.221. The minimum absolute atomic E-state index is 0.00291. The number of alkyl halides is 3. The Hall–Kier alpha value is -2.49. The fraction of sp³-hybridized carbons (Fsp3) is 0.667. The standard InChI is InChI=1S/C27H35ClF3N3O4/c1-26(11-12-26)24(36)33-13-8-19(9-14-33)23(35)34-16-21(18-4-6-20(28)7-5-18)22(17-34)32(2)25(37)38-15-3-10-27(29,30)31/h4-7,19,21-22H,3,8-17H2,1-2H3/t21-,22+/m1/s1. The van der Waals surface area contributed by atoms with Crippen LogP contribution in [-0.4, -0.2) is 84.7 Å². The molecule has 2 aliphatic heterocycles. The Morgan fingerprint density at radius 3 is 2.29 bits per heavy atom. The number of ether oxygens (including phenoxy) is 1. The number of piperidine rings is 1. The molecule has 2 saturated heterocycles. The van der Waals surface area contributed by atoms with Crippen LogP contribution in [0.15, 0.2) is 24.3 Å². The molecule has 7 nitrogen and oxygen atoms in total. The zero-order valence-electron chi connectivity index (χ0n) is 21.8. The summed E-state index contributed by atoms with van der Waals surface area (Å²) in [6.07, 6.45) is -3.30. The number of hydrogen-bond donors (Lipinski definition) is 0. The second kappa shape index (κ2) is 11.3. The van der Waals surface area contributed by atoms with Crippen LogP contribution in [0, 0.1) is 11.3 Å². The lowest BCUT2D eigenvalue weighted by molar-refractivity contribution is -0.142. The minimum atomic E-state index is -4.30. The van der Waals surface area contributed by atoms with E-state index in [1.54, 1.807) is 24.1 Å². The Kier molecular flexibility index (Phi) is 8.49. The summed E-state index contributed by atoms with van der Waals surface area (Å²) in [5.41, 5.74) is 0.682. The molecule has 11 heteroatoms. The molecule has 210 valence electrons. The van der Waals surface area contributed by atoms with E-state index in [1.807, 2.05) is 24.0 Å². The van der Waals surface area contributed by atoms with Crippen LogP contribution >= 0.6 is 11.6 Å². The van der Waals surface area contributed by atoms with Crippen LogP contribution in [0.3, 0.4) is 0 Å². The molecule has 0 spiro atoms. The van der Waals surface area contributed by atoms with Crippen molar-refractivity contribution < 1.29 is 32.3 Å². The van der Waals surface area contributed by atoms with E-state index in [4.69, 9.17) is 16.3 Å². The van der Waals surface area contributed by atoms with Gasteiger partial charge in [-0.1, -0.05) is 30.7 Å². The summed E-state index contributed by atoms with van der Waals surface area (Å²) in [5, 5.41) is 0.565. The van der Waals surface area contributed by atoms with Gasteiger partial charge in [-0.05, 0) is 49.8 Å². The number of nitrogens with zero attached hydrogens (tertiary/aromatic N) is 3. The van der Waals surface area contributed by atoms with Crippen LogP contribution < -0.4 is 0 Å². The molecule has 2 atom stereocenters. The largest absolute Gasteiger partial charge is 0.449 e. The van der Waals surface area contributed by atoms with Crippen molar-refractivity contribution in [2.75, 3.05) is 39.8 Å². The van der Waals surface area contributed by atoms with Gasteiger partial charge in [0.1, 0.15) is 0 Å². The summed E-state index contributed by atoms with van der Waals surface area (Å²) >= 11 is 6.06. The van der Waals surface area contributed by atoms with Gasteiger partial charge >= 0.3 is 12.3 Å². The molecule has 0 unspecified atom stereocenters. The summed E-state index contributed by atoms with van der Waals surface area (Å²) < 4.78 is 42.4. The quantitative estimate of drug-likeness (QED) is 0.438. The van der Waals surface area contributed by atoms with Gasteiger partial charge in [0.05, 0.1) is 12.6 Å². The highest BCUT2D eigenvalue weighted by Gasteiger charge is 2.48. The molecule has 3 aliphatic rings. The lowest BCUT2D eigenvalue weighted by atomic mass is 9.93. The normalized spacial score (nSPS) is 23.3. The van der Waals surface area contributed by atoms with Gasteiger partial charge in [0.2, 0.25) is 11.8 Å². The van der Waals surface area contributed by atoms with Crippen LogP contribution in [0.5, 0.6) is 0 Å². The van der Waals surface area contributed by atoms with Crippen molar-refractivity contribution in [2.45, 2.75) is 63.6 Å². The van der Waals surface area contributed by atoms with Gasteiger partial charge in [-0.15, -0.1) is 0 Å². The molecule has 1 aliphatic carbocycles. The molecule has 0 N–H and O–H groups in total. The Morgan fingerprint density at radius 2 is 1.71 bits per heavy atom. The zero-order chi connectivity index (χ0) is 27.7. The third kappa shape index (κ3) is 6.74. The van der Waals surface area contributed by atoms with E-state index in [2.05, 4.69) is 0 Å². The molecule has 0 bridgehead atoms. The number of likely N-dealkylation sites (N-methyl/N-ethyl adjacent to an activating group) is 1. The highest BCUT2D eigenvalue weighted by atomic mass is 35.5. The van der Waals surface area contributed by atoms with E-state index in [1.165, 1.54) is 4.90 Å². The fourth-order valence-electron chi connectivity index (χ4n) is 5.44. The molecule has 1 saturated carbocycles. The number of likely N-dealkylation sites (tertiary alicyclic amines) is 2. The third-order valence-corrected chi connectivity index (χ3v) is 8.41. The van der Waals surface area contributed by atoms with Gasteiger partial charge in [-0.2, -0.15) is 13.2 Å². The van der Waals surface area contributed by atoms with Crippen molar-refractivity contribution in [3.8, 4) is 0 Å². The average molecular weight is 558 g/mol. The molecular formula is C27H35ClF3N3O4. The number of hydrogen-bond acceptors (Lipinski definition) is 4. The van der Waals surface area contributed by atoms with Gasteiger partial charge in [-0.25, -0.2) is 4.79 Å². The highest BCUT2D eigenvalue weighted by Crippen LogP contribution is 2.47. The number of carbonyl (C=O) groups is 3. The van der Waals surface area contributed by atoms with Crippen molar-refractivity contribution in [3.63, 3.8) is 0 Å². The number of amides is 3. The first-order chi connectivity index (χ1) is 17.9. The summed E-state index contributed by atoms with van der Waals surface area (Å²) in [7, 11) is 1.55. The van der Waals surface area contributed by atoms with Gasteiger partial charge in [0, 0.05) is 61.9 Å². The smallest absolute Gasteiger partial charge is 0.409 e. The molecule has 4 rings (SSSR count). The lowest BCUT2D eigenvalue weighted by Crippen LogP contribution is -2.46.